The molecule has 2 nitrogen and oxygen atoms in total. The fourth-order valence-electron chi connectivity index (χ4n) is 1.10. The summed E-state index contributed by atoms with van der Waals surface area (Å²) in [6.07, 6.45) is 7.04. The first kappa shape index (κ1) is 11.7. The summed E-state index contributed by atoms with van der Waals surface area (Å²) >= 11 is 0. The molecule has 1 aromatic rings. The van der Waals surface area contributed by atoms with Crippen LogP contribution < -0.4 is 0 Å². The summed E-state index contributed by atoms with van der Waals surface area (Å²) in [6, 6.07) is 8.47. The van der Waals surface area contributed by atoms with E-state index in [2.05, 4.69) is 0 Å². The highest BCUT2D eigenvalue weighted by Crippen LogP contribution is 2.09. The molecule has 0 saturated heterocycles. The van der Waals surface area contributed by atoms with Gasteiger partial charge in [-0.15, -0.1) is 0 Å². The highest BCUT2D eigenvalue weighted by atomic mass is 32.2. The molecule has 1 rings (SSSR count). The van der Waals surface area contributed by atoms with Crippen LogP contribution >= 0.6 is 0 Å². The van der Waals surface area contributed by atoms with Crippen LogP contribution in [0.1, 0.15) is 6.92 Å². The molecule has 0 unspecified atom stereocenters. The molecule has 0 heterocycles. The van der Waals surface area contributed by atoms with E-state index in [9.17, 15) is 8.42 Å². The maximum Gasteiger partial charge on any atom is 0.181 e. The molecule has 1 aromatic carbocycles. The van der Waals surface area contributed by atoms with E-state index in [0.717, 1.165) is 0 Å². The third kappa shape index (κ3) is 3.72. The lowest BCUT2D eigenvalue weighted by Gasteiger charge is -1.99. The van der Waals surface area contributed by atoms with E-state index in [-0.39, 0.29) is 5.75 Å². The van der Waals surface area contributed by atoms with Crippen molar-refractivity contribution < 1.29 is 8.42 Å². The van der Waals surface area contributed by atoms with Crippen LogP contribution in [0.5, 0.6) is 0 Å². The summed E-state index contributed by atoms with van der Waals surface area (Å²) < 4.78 is 23.4. The van der Waals surface area contributed by atoms with Gasteiger partial charge in [-0.25, -0.2) is 8.42 Å². The van der Waals surface area contributed by atoms with Crippen molar-refractivity contribution in [2.45, 2.75) is 11.8 Å². The van der Waals surface area contributed by atoms with Gasteiger partial charge in [-0.1, -0.05) is 42.5 Å². The fraction of sp³-hybridized carbons (Fsp3) is 0.167. The molecule has 0 aromatic heterocycles. The molecule has 0 fully saturated rings. The Morgan fingerprint density at radius 1 is 1.13 bits per heavy atom. The average molecular weight is 222 g/mol. The molecule has 0 aliphatic heterocycles. The number of benzene rings is 1. The Morgan fingerprint density at radius 2 is 1.80 bits per heavy atom. The molecule has 0 radical (unpaired) electrons. The molecular formula is C12H14O2S. The molecule has 0 spiro atoms. The zero-order valence-electron chi connectivity index (χ0n) is 8.63. The van der Waals surface area contributed by atoms with Gasteiger partial charge in [0.05, 0.1) is 10.6 Å². The smallest absolute Gasteiger partial charge is 0.181 e. The molecule has 3 heteroatoms. The van der Waals surface area contributed by atoms with Gasteiger partial charge >= 0.3 is 0 Å². The quantitative estimate of drug-likeness (QED) is 0.734. The van der Waals surface area contributed by atoms with Crippen molar-refractivity contribution in [3.63, 3.8) is 0 Å². The minimum Gasteiger partial charge on any atom is -0.223 e. The van der Waals surface area contributed by atoms with Crippen molar-refractivity contribution in [2.75, 3.05) is 5.75 Å². The van der Waals surface area contributed by atoms with E-state index in [0.29, 0.717) is 4.90 Å². The number of hydrogen-bond acceptors (Lipinski definition) is 2. The third-order valence-electron chi connectivity index (χ3n) is 1.86. The Hall–Kier alpha value is -1.35. The first-order chi connectivity index (χ1) is 7.17. The number of hydrogen-bond donors (Lipinski definition) is 0. The first-order valence-electron chi connectivity index (χ1n) is 4.72. The minimum atomic E-state index is -3.16. The van der Waals surface area contributed by atoms with Crippen LogP contribution in [0.15, 0.2) is 59.5 Å². The monoisotopic (exact) mass is 222 g/mol. The van der Waals surface area contributed by atoms with Gasteiger partial charge in [0.2, 0.25) is 0 Å². The normalized spacial score (nSPS) is 12.6. The maximum atomic E-state index is 11.7. The van der Waals surface area contributed by atoms with Gasteiger partial charge in [0.1, 0.15) is 0 Å². The van der Waals surface area contributed by atoms with Gasteiger partial charge in [-0.3, -0.25) is 0 Å². The van der Waals surface area contributed by atoms with Crippen molar-refractivity contribution in [1.82, 2.24) is 0 Å². The number of rotatable bonds is 4. The van der Waals surface area contributed by atoms with E-state index in [1.807, 2.05) is 13.0 Å². The zero-order chi connectivity index (χ0) is 11.1. The lowest BCUT2D eigenvalue weighted by atomic mass is 10.4. The van der Waals surface area contributed by atoms with Gasteiger partial charge in [0.25, 0.3) is 0 Å². The first-order valence-corrected chi connectivity index (χ1v) is 6.37. The highest BCUT2D eigenvalue weighted by Gasteiger charge is 2.10. The number of sulfone groups is 1. The standard InChI is InChI=1S/C12H14O2S/c1-2-3-4-8-11-15(13,14)12-9-6-5-7-10-12/h2-10H,11H2,1H3/b3-2+,8-4+. The second kappa shape index (κ2) is 5.51. The van der Waals surface area contributed by atoms with Crippen molar-refractivity contribution in [3.05, 3.63) is 54.6 Å². The summed E-state index contributed by atoms with van der Waals surface area (Å²) in [5.41, 5.74) is 0. The average Bonchev–Trinajstić information content (AvgIpc) is 2.26. The summed E-state index contributed by atoms with van der Waals surface area (Å²) in [5.74, 6) is 0.0430. The molecule has 0 saturated carbocycles. The number of allylic oxidation sites excluding steroid dienone is 3. The molecule has 0 atom stereocenters. The van der Waals surface area contributed by atoms with E-state index in [1.54, 1.807) is 48.6 Å². The lowest BCUT2D eigenvalue weighted by Crippen LogP contribution is -2.03. The summed E-state index contributed by atoms with van der Waals surface area (Å²) in [7, 11) is -3.16. The second-order valence-electron chi connectivity index (χ2n) is 3.05. The Morgan fingerprint density at radius 3 is 2.40 bits per heavy atom. The lowest BCUT2D eigenvalue weighted by molar-refractivity contribution is 0.599. The topological polar surface area (TPSA) is 34.1 Å². The molecule has 0 amide bonds. The van der Waals surface area contributed by atoms with Gasteiger partial charge < -0.3 is 0 Å². The van der Waals surface area contributed by atoms with Gasteiger partial charge in [0, 0.05) is 0 Å². The molecular weight excluding hydrogens is 208 g/mol. The predicted octanol–water partition coefficient (Wildman–Crippen LogP) is 2.59. The van der Waals surface area contributed by atoms with Crippen LogP contribution in [-0.4, -0.2) is 14.2 Å². The van der Waals surface area contributed by atoms with Gasteiger partial charge in [-0.05, 0) is 19.1 Å². The Bertz CT molecular complexity index is 442. The van der Waals surface area contributed by atoms with Crippen LogP contribution in [-0.2, 0) is 9.84 Å². The Balaban J connectivity index is 2.77. The van der Waals surface area contributed by atoms with Crippen molar-refractivity contribution in [3.8, 4) is 0 Å². The highest BCUT2D eigenvalue weighted by molar-refractivity contribution is 7.91. The van der Waals surface area contributed by atoms with E-state index >= 15 is 0 Å². The van der Waals surface area contributed by atoms with Gasteiger partial charge in [0.15, 0.2) is 9.84 Å². The van der Waals surface area contributed by atoms with Crippen LogP contribution in [0.3, 0.4) is 0 Å². The zero-order valence-corrected chi connectivity index (χ0v) is 9.44. The molecule has 80 valence electrons. The van der Waals surface area contributed by atoms with Crippen LogP contribution in [0.4, 0.5) is 0 Å². The van der Waals surface area contributed by atoms with E-state index in [4.69, 9.17) is 0 Å². The molecule has 0 aliphatic rings. The maximum absolute atomic E-state index is 11.7. The summed E-state index contributed by atoms with van der Waals surface area (Å²) in [4.78, 5) is 0.370. The van der Waals surface area contributed by atoms with Crippen molar-refractivity contribution >= 4 is 9.84 Å². The van der Waals surface area contributed by atoms with Crippen LogP contribution in [0.2, 0.25) is 0 Å². The molecule has 15 heavy (non-hydrogen) atoms. The van der Waals surface area contributed by atoms with Crippen LogP contribution in [0.25, 0.3) is 0 Å². The van der Waals surface area contributed by atoms with E-state index in [1.165, 1.54) is 0 Å². The molecule has 0 aliphatic carbocycles. The minimum absolute atomic E-state index is 0.0430. The summed E-state index contributed by atoms with van der Waals surface area (Å²) in [5, 5.41) is 0. The van der Waals surface area contributed by atoms with Crippen LogP contribution in [0, 0.1) is 0 Å². The second-order valence-corrected chi connectivity index (χ2v) is 5.08. The predicted molar refractivity (Wildman–Crippen MR) is 62.4 cm³/mol. The molecule has 0 bridgehead atoms. The third-order valence-corrected chi connectivity index (χ3v) is 3.48. The largest absolute Gasteiger partial charge is 0.223 e. The van der Waals surface area contributed by atoms with E-state index < -0.39 is 9.84 Å². The SMILES string of the molecule is C/C=C/C=C/CS(=O)(=O)c1ccccc1. The fourth-order valence-corrected chi connectivity index (χ4v) is 2.22. The Labute approximate surface area is 90.9 Å². The van der Waals surface area contributed by atoms with Crippen molar-refractivity contribution in [2.24, 2.45) is 0 Å². The molecule has 0 N–H and O–H groups in total. The van der Waals surface area contributed by atoms with Crippen molar-refractivity contribution in [1.29, 1.82) is 0 Å². The summed E-state index contributed by atoms with van der Waals surface area (Å²) in [6.45, 7) is 1.88. The van der Waals surface area contributed by atoms with Gasteiger partial charge in [-0.2, -0.15) is 0 Å². The Kier molecular flexibility index (Phi) is 4.31.